The highest BCUT2D eigenvalue weighted by Gasteiger charge is 2.07. The molecule has 0 heterocycles. The highest BCUT2D eigenvalue weighted by Crippen LogP contribution is 2.19. The van der Waals surface area contributed by atoms with E-state index in [9.17, 15) is 0 Å². The largest absolute Gasteiger partial charge is 0.492 e. The molecule has 0 aliphatic carbocycles. The van der Waals surface area contributed by atoms with Gasteiger partial charge in [-0.1, -0.05) is 24.3 Å². The van der Waals surface area contributed by atoms with Crippen molar-refractivity contribution in [3.8, 4) is 5.75 Å². The number of allylic oxidation sites excluding steroid dienone is 1. The van der Waals surface area contributed by atoms with Crippen LogP contribution >= 0.6 is 24.0 Å². The molecule has 1 aromatic rings. The summed E-state index contributed by atoms with van der Waals surface area (Å²) in [6.07, 6.45) is 4.06. The van der Waals surface area contributed by atoms with Gasteiger partial charge in [-0.2, -0.15) is 0 Å². The van der Waals surface area contributed by atoms with Crippen molar-refractivity contribution >= 4 is 29.9 Å². The van der Waals surface area contributed by atoms with Gasteiger partial charge in [0.2, 0.25) is 0 Å². The number of nitrogens with zero attached hydrogens (tertiary/aromatic N) is 3. The van der Waals surface area contributed by atoms with Gasteiger partial charge < -0.3 is 19.9 Å². The number of hydrogen-bond acceptors (Lipinski definition) is 3. The van der Waals surface area contributed by atoms with Crippen LogP contribution in [-0.2, 0) is 6.54 Å². The molecule has 0 saturated heterocycles. The van der Waals surface area contributed by atoms with Gasteiger partial charge in [0.15, 0.2) is 5.96 Å². The normalized spacial score (nSPS) is 11.0. The molecule has 0 aliphatic heterocycles. The molecule has 1 N–H and O–H groups in total. The number of para-hydroxylation sites is 1. The van der Waals surface area contributed by atoms with Crippen molar-refractivity contribution in [2.75, 3.05) is 47.4 Å². The van der Waals surface area contributed by atoms with E-state index in [0.717, 1.165) is 49.7 Å². The SMILES string of the molecule is C=CCCCN(C)C(=NCc1ccccc1OCCN(C)C)NCC.I. The minimum absolute atomic E-state index is 0. The number of guanidine groups is 1. The number of benzene rings is 1. The molecule has 148 valence electrons. The Morgan fingerprint density at radius 1 is 1.23 bits per heavy atom. The molecule has 26 heavy (non-hydrogen) atoms. The first-order chi connectivity index (χ1) is 12.1. The Hall–Kier alpha value is -1.28. The van der Waals surface area contributed by atoms with Gasteiger partial charge in [-0.25, -0.2) is 4.99 Å². The van der Waals surface area contributed by atoms with E-state index in [4.69, 9.17) is 9.73 Å². The number of aliphatic imine (C=N–C) groups is 1. The summed E-state index contributed by atoms with van der Waals surface area (Å²) in [7, 11) is 6.17. The molecule has 0 unspecified atom stereocenters. The standard InChI is InChI=1S/C20H34N4O.HI/c1-6-8-11-14-24(5)20(21-7-2)22-17-18-12-9-10-13-19(18)25-16-15-23(3)4;/h6,9-10,12-13H,1,7-8,11,14-17H2,2-5H3,(H,21,22);1H. The molecule has 6 heteroatoms. The van der Waals surface area contributed by atoms with Crippen molar-refractivity contribution in [1.82, 2.24) is 15.1 Å². The number of likely N-dealkylation sites (N-methyl/N-ethyl adjacent to an activating group) is 1. The Morgan fingerprint density at radius 2 is 1.96 bits per heavy atom. The number of halogens is 1. The monoisotopic (exact) mass is 474 g/mol. The van der Waals surface area contributed by atoms with E-state index in [-0.39, 0.29) is 24.0 Å². The van der Waals surface area contributed by atoms with Crippen molar-refractivity contribution in [2.45, 2.75) is 26.3 Å². The lowest BCUT2D eigenvalue weighted by molar-refractivity contribution is 0.259. The third-order valence-corrected chi connectivity index (χ3v) is 3.77. The molecule has 0 aliphatic rings. The molecule has 5 nitrogen and oxygen atoms in total. The quantitative estimate of drug-likeness (QED) is 0.175. The van der Waals surface area contributed by atoms with E-state index in [1.165, 1.54) is 0 Å². The fourth-order valence-electron chi connectivity index (χ4n) is 2.32. The first-order valence-electron chi connectivity index (χ1n) is 9.04. The van der Waals surface area contributed by atoms with Gasteiger partial charge in [0, 0.05) is 32.2 Å². The Kier molecular flexibility index (Phi) is 14.1. The van der Waals surface area contributed by atoms with Crippen LogP contribution in [0, 0.1) is 0 Å². The number of ether oxygens (including phenoxy) is 1. The van der Waals surface area contributed by atoms with Crippen LogP contribution in [0.25, 0.3) is 0 Å². The van der Waals surface area contributed by atoms with Crippen molar-refractivity contribution in [1.29, 1.82) is 0 Å². The number of hydrogen-bond donors (Lipinski definition) is 1. The lowest BCUT2D eigenvalue weighted by Gasteiger charge is -2.22. The maximum atomic E-state index is 5.92. The minimum Gasteiger partial charge on any atom is -0.492 e. The predicted molar refractivity (Wildman–Crippen MR) is 123 cm³/mol. The third kappa shape index (κ3) is 10.0. The van der Waals surface area contributed by atoms with Gasteiger partial charge in [0.05, 0.1) is 6.54 Å². The smallest absolute Gasteiger partial charge is 0.193 e. The van der Waals surface area contributed by atoms with Crippen LogP contribution in [-0.4, -0.2) is 63.1 Å². The van der Waals surface area contributed by atoms with Gasteiger partial charge in [0.25, 0.3) is 0 Å². The van der Waals surface area contributed by atoms with Gasteiger partial charge in [-0.15, -0.1) is 30.6 Å². The van der Waals surface area contributed by atoms with Crippen LogP contribution in [0.2, 0.25) is 0 Å². The summed E-state index contributed by atoms with van der Waals surface area (Å²) in [4.78, 5) is 9.06. The fourth-order valence-corrected chi connectivity index (χ4v) is 2.32. The molecular formula is C20H35IN4O. The van der Waals surface area contributed by atoms with Crippen LogP contribution in [0.4, 0.5) is 0 Å². The van der Waals surface area contributed by atoms with E-state index in [1.807, 2.05) is 38.4 Å². The minimum atomic E-state index is 0. The van der Waals surface area contributed by atoms with Gasteiger partial charge in [0.1, 0.15) is 12.4 Å². The number of nitrogens with one attached hydrogen (secondary N) is 1. The molecule has 0 bridgehead atoms. The first kappa shape index (κ1) is 24.7. The molecule has 0 radical (unpaired) electrons. The van der Waals surface area contributed by atoms with Crippen molar-refractivity contribution in [2.24, 2.45) is 4.99 Å². The molecule has 0 fully saturated rings. The Labute approximate surface area is 176 Å². The van der Waals surface area contributed by atoms with E-state index < -0.39 is 0 Å². The second-order valence-electron chi connectivity index (χ2n) is 6.28. The topological polar surface area (TPSA) is 40.1 Å². The van der Waals surface area contributed by atoms with Gasteiger partial charge >= 0.3 is 0 Å². The van der Waals surface area contributed by atoms with Crippen molar-refractivity contribution < 1.29 is 4.74 Å². The van der Waals surface area contributed by atoms with Crippen LogP contribution < -0.4 is 10.1 Å². The molecule has 0 spiro atoms. The molecule has 1 aromatic carbocycles. The molecule has 0 saturated carbocycles. The zero-order chi connectivity index (χ0) is 18.5. The molecule has 0 atom stereocenters. The van der Waals surface area contributed by atoms with Gasteiger partial charge in [-0.3, -0.25) is 0 Å². The van der Waals surface area contributed by atoms with Crippen molar-refractivity contribution in [3.63, 3.8) is 0 Å². The number of rotatable bonds is 11. The predicted octanol–water partition coefficient (Wildman–Crippen LogP) is 3.61. The van der Waals surface area contributed by atoms with E-state index in [1.54, 1.807) is 0 Å². The zero-order valence-electron chi connectivity index (χ0n) is 16.7. The molecule has 0 aromatic heterocycles. The van der Waals surface area contributed by atoms with Crippen molar-refractivity contribution in [3.05, 3.63) is 42.5 Å². The average Bonchev–Trinajstić information content (AvgIpc) is 2.59. The van der Waals surface area contributed by atoms with E-state index >= 15 is 0 Å². The van der Waals surface area contributed by atoms with Crippen LogP contribution in [0.15, 0.2) is 41.9 Å². The van der Waals surface area contributed by atoms with E-state index in [2.05, 4.69) is 41.7 Å². The first-order valence-corrected chi connectivity index (χ1v) is 9.04. The highest BCUT2D eigenvalue weighted by molar-refractivity contribution is 14.0. The summed E-state index contributed by atoms with van der Waals surface area (Å²) in [5.74, 6) is 1.84. The molecule has 0 amide bonds. The summed E-state index contributed by atoms with van der Waals surface area (Å²) in [5, 5.41) is 3.36. The summed E-state index contributed by atoms with van der Waals surface area (Å²) >= 11 is 0. The van der Waals surface area contributed by atoms with Crippen LogP contribution in [0.1, 0.15) is 25.3 Å². The maximum Gasteiger partial charge on any atom is 0.193 e. The lowest BCUT2D eigenvalue weighted by atomic mass is 10.2. The third-order valence-electron chi connectivity index (χ3n) is 3.77. The summed E-state index contributed by atoms with van der Waals surface area (Å²) in [6, 6.07) is 8.13. The second-order valence-corrected chi connectivity index (χ2v) is 6.28. The molecular weight excluding hydrogens is 439 g/mol. The Balaban J connectivity index is 0.00000625. The lowest BCUT2D eigenvalue weighted by Crippen LogP contribution is -2.39. The molecule has 1 rings (SSSR count). The fraction of sp³-hybridized carbons (Fsp3) is 0.550. The zero-order valence-corrected chi connectivity index (χ0v) is 19.0. The average molecular weight is 474 g/mol. The second kappa shape index (κ2) is 14.8. The summed E-state index contributed by atoms with van der Waals surface area (Å²) in [6.45, 7) is 9.85. The Bertz CT molecular complexity index is 534. The highest BCUT2D eigenvalue weighted by atomic mass is 127. The Morgan fingerprint density at radius 3 is 2.62 bits per heavy atom. The van der Waals surface area contributed by atoms with Gasteiger partial charge in [-0.05, 0) is 39.9 Å². The summed E-state index contributed by atoms with van der Waals surface area (Å²) in [5.41, 5.74) is 1.11. The number of unbranched alkanes of at least 4 members (excludes halogenated alkanes) is 1. The van der Waals surface area contributed by atoms with Crippen LogP contribution in [0.5, 0.6) is 5.75 Å². The maximum absolute atomic E-state index is 5.92. The van der Waals surface area contributed by atoms with Crippen LogP contribution in [0.3, 0.4) is 0 Å². The summed E-state index contributed by atoms with van der Waals surface area (Å²) < 4.78 is 5.92. The van der Waals surface area contributed by atoms with E-state index in [0.29, 0.717) is 13.2 Å².